The number of hydrogen-bond acceptors (Lipinski definition) is 2. The quantitative estimate of drug-likeness (QED) is 0.897. The van der Waals surface area contributed by atoms with E-state index in [1.165, 1.54) is 0 Å². The van der Waals surface area contributed by atoms with Crippen molar-refractivity contribution >= 4 is 34.3 Å². The van der Waals surface area contributed by atoms with Gasteiger partial charge in [0, 0.05) is 4.47 Å². The summed E-state index contributed by atoms with van der Waals surface area (Å²) in [5.41, 5.74) is 7.45. The van der Waals surface area contributed by atoms with Crippen molar-refractivity contribution in [2.45, 2.75) is 19.4 Å². The molecule has 0 amide bonds. The highest BCUT2D eigenvalue weighted by molar-refractivity contribution is 9.10. The van der Waals surface area contributed by atoms with Crippen LogP contribution in [0.25, 0.3) is 0 Å². The minimum absolute atomic E-state index is 0. The number of aliphatic carboxylic acids is 1. The lowest BCUT2D eigenvalue weighted by Gasteiger charge is -2.07. The second-order valence-corrected chi connectivity index (χ2v) is 4.09. The SMILES string of the molecule is Cc1cc(C[C@H](N)C(=O)O)ccc1Br.Cl. The number of nitrogens with two attached hydrogens (primary N) is 1. The van der Waals surface area contributed by atoms with Gasteiger partial charge < -0.3 is 10.8 Å². The summed E-state index contributed by atoms with van der Waals surface area (Å²) in [6, 6.07) is 4.89. The van der Waals surface area contributed by atoms with Crippen molar-refractivity contribution in [1.82, 2.24) is 0 Å². The molecule has 0 unspecified atom stereocenters. The van der Waals surface area contributed by atoms with E-state index in [4.69, 9.17) is 10.8 Å². The summed E-state index contributed by atoms with van der Waals surface area (Å²) >= 11 is 3.38. The Morgan fingerprint density at radius 3 is 2.67 bits per heavy atom. The molecule has 1 aromatic carbocycles. The van der Waals surface area contributed by atoms with Crippen molar-refractivity contribution in [3.05, 3.63) is 33.8 Å². The van der Waals surface area contributed by atoms with E-state index in [0.717, 1.165) is 15.6 Å². The lowest BCUT2D eigenvalue weighted by molar-refractivity contribution is -0.138. The van der Waals surface area contributed by atoms with Gasteiger partial charge in [0.05, 0.1) is 0 Å². The third kappa shape index (κ3) is 4.20. The first kappa shape index (κ1) is 14.4. The van der Waals surface area contributed by atoms with E-state index in [2.05, 4.69) is 15.9 Å². The Morgan fingerprint density at radius 2 is 2.20 bits per heavy atom. The molecule has 0 radical (unpaired) electrons. The second kappa shape index (κ2) is 6.10. The Bertz CT molecular complexity index is 357. The monoisotopic (exact) mass is 293 g/mol. The average Bonchev–Trinajstić information content (AvgIpc) is 2.11. The van der Waals surface area contributed by atoms with E-state index >= 15 is 0 Å². The van der Waals surface area contributed by atoms with Crippen molar-refractivity contribution in [2.75, 3.05) is 0 Å². The van der Waals surface area contributed by atoms with Crippen LogP contribution in [0, 0.1) is 6.92 Å². The average molecular weight is 295 g/mol. The van der Waals surface area contributed by atoms with Gasteiger partial charge in [-0.2, -0.15) is 0 Å². The summed E-state index contributed by atoms with van der Waals surface area (Å²) in [7, 11) is 0. The van der Waals surface area contributed by atoms with Crippen LogP contribution in [0.2, 0.25) is 0 Å². The molecule has 1 aromatic rings. The summed E-state index contributed by atoms with van der Waals surface area (Å²) in [6.45, 7) is 1.96. The van der Waals surface area contributed by atoms with Crippen LogP contribution in [0.4, 0.5) is 0 Å². The van der Waals surface area contributed by atoms with Crippen LogP contribution < -0.4 is 5.73 Å². The number of benzene rings is 1. The molecule has 0 bridgehead atoms. The van der Waals surface area contributed by atoms with Gasteiger partial charge >= 0.3 is 5.97 Å². The van der Waals surface area contributed by atoms with Gasteiger partial charge in [0.15, 0.2) is 0 Å². The molecule has 0 saturated heterocycles. The second-order valence-electron chi connectivity index (χ2n) is 3.23. The molecular formula is C10H13BrClNO2. The maximum atomic E-state index is 10.5. The molecule has 0 spiro atoms. The normalized spacial score (nSPS) is 11.7. The third-order valence-corrected chi connectivity index (χ3v) is 2.88. The molecule has 0 aromatic heterocycles. The van der Waals surface area contributed by atoms with Gasteiger partial charge in [-0.05, 0) is 30.5 Å². The number of carboxylic acid groups (broad SMARTS) is 1. The summed E-state index contributed by atoms with van der Waals surface area (Å²) in [4.78, 5) is 10.5. The highest BCUT2D eigenvalue weighted by Crippen LogP contribution is 2.17. The van der Waals surface area contributed by atoms with Gasteiger partial charge in [-0.15, -0.1) is 12.4 Å². The number of carbonyl (C=O) groups is 1. The standard InChI is InChI=1S/C10H12BrNO2.ClH/c1-6-4-7(2-3-8(6)11)5-9(12)10(13)14;/h2-4,9H,5,12H2,1H3,(H,13,14);1H/t9-;/m0./s1. The van der Waals surface area contributed by atoms with Crippen molar-refractivity contribution in [3.63, 3.8) is 0 Å². The van der Waals surface area contributed by atoms with E-state index in [1.54, 1.807) is 0 Å². The molecule has 1 rings (SSSR count). The van der Waals surface area contributed by atoms with Crippen molar-refractivity contribution in [1.29, 1.82) is 0 Å². The molecule has 15 heavy (non-hydrogen) atoms. The van der Waals surface area contributed by atoms with Crippen molar-refractivity contribution in [2.24, 2.45) is 5.73 Å². The van der Waals surface area contributed by atoms with Gasteiger partial charge in [-0.1, -0.05) is 28.1 Å². The maximum absolute atomic E-state index is 10.5. The molecule has 0 aliphatic heterocycles. The van der Waals surface area contributed by atoms with Crippen LogP contribution in [0.5, 0.6) is 0 Å². The molecule has 3 N–H and O–H groups in total. The van der Waals surface area contributed by atoms with Crippen LogP contribution in [0.1, 0.15) is 11.1 Å². The summed E-state index contributed by atoms with van der Waals surface area (Å²) in [5, 5.41) is 8.63. The summed E-state index contributed by atoms with van der Waals surface area (Å²) in [5.74, 6) is -0.967. The molecule has 0 aliphatic rings. The smallest absolute Gasteiger partial charge is 0.320 e. The Labute approximate surface area is 103 Å². The topological polar surface area (TPSA) is 63.3 Å². The minimum atomic E-state index is -0.967. The fourth-order valence-corrected chi connectivity index (χ4v) is 1.42. The molecule has 0 fully saturated rings. The Kier molecular flexibility index (Phi) is 5.87. The molecule has 3 nitrogen and oxygen atoms in total. The molecule has 84 valence electrons. The van der Waals surface area contributed by atoms with Crippen molar-refractivity contribution in [3.8, 4) is 0 Å². The predicted octanol–water partition coefficient (Wildman–Crippen LogP) is 2.13. The number of carboxylic acids is 1. The summed E-state index contributed by atoms with van der Waals surface area (Å²) < 4.78 is 1.02. The van der Waals surface area contributed by atoms with Crippen LogP contribution in [-0.4, -0.2) is 17.1 Å². The number of hydrogen-bond donors (Lipinski definition) is 2. The lowest BCUT2D eigenvalue weighted by Crippen LogP contribution is -2.32. The minimum Gasteiger partial charge on any atom is -0.480 e. The highest BCUT2D eigenvalue weighted by Gasteiger charge is 2.12. The molecule has 0 saturated carbocycles. The van der Waals surface area contributed by atoms with Gasteiger partial charge in [-0.25, -0.2) is 0 Å². The van der Waals surface area contributed by atoms with Crippen LogP contribution in [0.15, 0.2) is 22.7 Å². The fourth-order valence-electron chi connectivity index (χ4n) is 1.18. The predicted molar refractivity (Wildman–Crippen MR) is 65.4 cm³/mol. The van der Waals surface area contributed by atoms with E-state index in [0.29, 0.717) is 6.42 Å². The summed E-state index contributed by atoms with van der Waals surface area (Å²) in [6.07, 6.45) is 0.365. The Hall–Kier alpha value is -0.580. The first-order valence-electron chi connectivity index (χ1n) is 4.24. The largest absolute Gasteiger partial charge is 0.480 e. The number of aryl methyl sites for hydroxylation is 1. The molecular weight excluding hydrogens is 281 g/mol. The molecule has 5 heteroatoms. The van der Waals surface area contributed by atoms with Gasteiger partial charge in [-0.3, -0.25) is 4.79 Å². The van der Waals surface area contributed by atoms with Crippen molar-refractivity contribution < 1.29 is 9.90 Å². The lowest BCUT2D eigenvalue weighted by atomic mass is 10.0. The molecule has 1 atom stereocenters. The zero-order chi connectivity index (χ0) is 10.7. The van der Waals surface area contributed by atoms with Crippen LogP contribution in [-0.2, 0) is 11.2 Å². The van der Waals surface area contributed by atoms with Gasteiger partial charge in [0.1, 0.15) is 6.04 Å². The van der Waals surface area contributed by atoms with E-state index in [1.807, 2.05) is 25.1 Å². The first-order chi connectivity index (χ1) is 6.50. The van der Waals surface area contributed by atoms with Gasteiger partial charge in [0.2, 0.25) is 0 Å². The molecule has 0 aliphatic carbocycles. The van der Waals surface area contributed by atoms with Crippen LogP contribution >= 0.6 is 28.3 Å². The maximum Gasteiger partial charge on any atom is 0.320 e. The Balaban J connectivity index is 0.00000196. The Morgan fingerprint density at radius 1 is 1.60 bits per heavy atom. The fraction of sp³-hybridized carbons (Fsp3) is 0.300. The number of halogens is 2. The van der Waals surface area contributed by atoms with E-state index < -0.39 is 12.0 Å². The van der Waals surface area contributed by atoms with E-state index in [9.17, 15) is 4.79 Å². The first-order valence-corrected chi connectivity index (χ1v) is 5.03. The third-order valence-electron chi connectivity index (χ3n) is 2.00. The zero-order valence-electron chi connectivity index (χ0n) is 8.24. The van der Waals surface area contributed by atoms with Gasteiger partial charge in [0.25, 0.3) is 0 Å². The van der Waals surface area contributed by atoms with E-state index in [-0.39, 0.29) is 12.4 Å². The number of rotatable bonds is 3. The highest BCUT2D eigenvalue weighted by atomic mass is 79.9. The molecule has 0 heterocycles. The zero-order valence-corrected chi connectivity index (χ0v) is 10.6. The van der Waals surface area contributed by atoms with Crippen LogP contribution in [0.3, 0.4) is 0 Å².